The van der Waals surface area contributed by atoms with E-state index in [1.54, 1.807) is 36.4 Å². The van der Waals surface area contributed by atoms with E-state index in [1.807, 2.05) is 6.92 Å². The first kappa shape index (κ1) is 15.5. The molecule has 3 rings (SSSR count). The Kier molecular flexibility index (Phi) is 4.57. The molecule has 0 bridgehead atoms. The summed E-state index contributed by atoms with van der Waals surface area (Å²) in [4.78, 5) is 12.3. The summed E-state index contributed by atoms with van der Waals surface area (Å²) in [6.07, 6.45) is 0. The van der Waals surface area contributed by atoms with E-state index in [1.165, 1.54) is 0 Å². The molecule has 0 fully saturated rings. The highest BCUT2D eigenvalue weighted by Gasteiger charge is 2.17. The number of rotatable bonds is 4. The van der Waals surface area contributed by atoms with E-state index in [0.717, 1.165) is 5.75 Å². The van der Waals surface area contributed by atoms with Gasteiger partial charge in [-0.1, -0.05) is 11.6 Å². The van der Waals surface area contributed by atoms with Gasteiger partial charge in [-0.25, -0.2) is 0 Å². The summed E-state index contributed by atoms with van der Waals surface area (Å²) < 4.78 is 16.3. The second-order valence-electron chi connectivity index (χ2n) is 4.89. The average Bonchev–Trinajstić information content (AvgIpc) is 2.56. The third-order valence-corrected chi connectivity index (χ3v) is 3.62. The van der Waals surface area contributed by atoms with Gasteiger partial charge in [0, 0.05) is 17.7 Å². The highest BCUT2D eigenvalue weighted by Crippen LogP contribution is 2.38. The summed E-state index contributed by atoms with van der Waals surface area (Å²) in [5.41, 5.74) is 0.995. The van der Waals surface area contributed by atoms with Crippen molar-refractivity contribution in [1.29, 1.82) is 0 Å². The van der Waals surface area contributed by atoms with Crippen LogP contribution < -0.4 is 19.5 Å². The minimum Gasteiger partial charge on any atom is -0.494 e. The maximum Gasteiger partial charge on any atom is 0.255 e. The number of hydrogen-bond acceptors (Lipinski definition) is 4. The second kappa shape index (κ2) is 6.79. The van der Waals surface area contributed by atoms with Gasteiger partial charge < -0.3 is 19.5 Å². The number of amides is 1. The highest BCUT2D eigenvalue weighted by molar-refractivity contribution is 6.34. The van der Waals surface area contributed by atoms with Crippen LogP contribution >= 0.6 is 11.6 Å². The van der Waals surface area contributed by atoms with E-state index in [4.69, 9.17) is 25.8 Å². The Labute approximate surface area is 139 Å². The Morgan fingerprint density at radius 2 is 1.83 bits per heavy atom. The predicted octanol–water partition coefficient (Wildman–Crippen LogP) is 3.76. The summed E-state index contributed by atoms with van der Waals surface area (Å²) in [5.74, 6) is 1.62. The molecule has 1 N–H and O–H groups in total. The molecule has 1 heterocycles. The lowest BCUT2D eigenvalue weighted by atomic mass is 10.2. The van der Waals surface area contributed by atoms with Crippen molar-refractivity contribution in [3.8, 4) is 17.2 Å². The molecule has 0 unspecified atom stereocenters. The van der Waals surface area contributed by atoms with Crippen LogP contribution in [0.1, 0.15) is 17.3 Å². The maximum atomic E-state index is 12.3. The van der Waals surface area contributed by atoms with Gasteiger partial charge in [0.15, 0.2) is 11.5 Å². The Hall–Kier alpha value is -2.40. The van der Waals surface area contributed by atoms with E-state index >= 15 is 0 Å². The molecule has 0 radical (unpaired) electrons. The van der Waals surface area contributed by atoms with Gasteiger partial charge in [-0.2, -0.15) is 0 Å². The fourth-order valence-electron chi connectivity index (χ4n) is 2.22. The van der Waals surface area contributed by atoms with Gasteiger partial charge >= 0.3 is 0 Å². The minimum atomic E-state index is -0.258. The van der Waals surface area contributed by atoms with Crippen LogP contribution in [0.25, 0.3) is 0 Å². The van der Waals surface area contributed by atoms with Crippen molar-refractivity contribution in [2.24, 2.45) is 0 Å². The molecule has 0 saturated heterocycles. The number of ether oxygens (including phenoxy) is 3. The molecule has 2 aromatic carbocycles. The Balaban J connectivity index is 1.77. The van der Waals surface area contributed by atoms with Crippen molar-refractivity contribution in [2.75, 3.05) is 25.1 Å². The largest absolute Gasteiger partial charge is 0.494 e. The SMILES string of the molecule is CCOc1ccc(C(=O)Nc2cc3c(cc2Cl)OCCO3)cc1. The Morgan fingerprint density at radius 3 is 2.48 bits per heavy atom. The van der Waals surface area contributed by atoms with Gasteiger partial charge in [0.2, 0.25) is 0 Å². The van der Waals surface area contributed by atoms with Crippen LogP contribution in [0.2, 0.25) is 5.02 Å². The van der Waals surface area contributed by atoms with Crippen molar-refractivity contribution in [3.05, 3.63) is 47.0 Å². The Bertz CT molecular complexity index is 715. The quantitative estimate of drug-likeness (QED) is 0.925. The summed E-state index contributed by atoms with van der Waals surface area (Å²) in [7, 11) is 0. The maximum absolute atomic E-state index is 12.3. The van der Waals surface area contributed by atoms with Gasteiger partial charge in [-0.15, -0.1) is 0 Å². The molecule has 1 aliphatic heterocycles. The zero-order chi connectivity index (χ0) is 16.2. The summed E-state index contributed by atoms with van der Waals surface area (Å²) in [5, 5.41) is 3.18. The Morgan fingerprint density at radius 1 is 1.17 bits per heavy atom. The topological polar surface area (TPSA) is 56.8 Å². The van der Waals surface area contributed by atoms with Crippen molar-refractivity contribution >= 4 is 23.2 Å². The predicted molar refractivity (Wildman–Crippen MR) is 88.0 cm³/mol. The van der Waals surface area contributed by atoms with Crippen molar-refractivity contribution in [2.45, 2.75) is 6.92 Å². The molecule has 0 saturated carbocycles. The van der Waals surface area contributed by atoms with E-state index < -0.39 is 0 Å². The van der Waals surface area contributed by atoms with Crippen LogP contribution in [0.4, 0.5) is 5.69 Å². The van der Waals surface area contributed by atoms with Gasteiger partial charge in [0.1, 0.15) is 19.0 Å². The molecule has 0 aliphatic carbocycles. The molecule has 1 amide bonds. The van der Waals surface area contributed by atoms with E-state index in [9.17, 15) is 4.79 Å². The third kappa shape index (κ3) is 3.51. The molecular weight excluding hydrogens is 318 g/mol. The lowest BCUT2D eigenvalue weighted by Crippen LogP contribution is -2.17. The molecule has 0 spiro atoms. The smallest absolute Gasteiger partial charge is 0.255 e. The number of halogens is 1. The molecule has 120 valence electrons. The van der Waals surface area contributed by atoms with Gasteiger partial charge in [0.05, 0.1) is 17.3 Å². The average molecular weight is 334 g/mol. The molecule has 6 heteroatoms. The van der Waals surface area contributed by atoms with Gasteiger partial charge in [-0.05, 0) is 31.2 Å². The minimum absolute atomic E-state index is 0.258. The monoisotopic (exact) mass is 333 g/mol. The number of nitrogens with one attached hydrogen (secondary N) is 1. The third-order valence-electron chi connectivity index (χ3n) is 3.31. The summed E-state index contributed by atoms with van der Waals surface area (Å²) in [6.45, 7) is 3.45. The number of hydrogen-bond donors (Lipinski definition) is 1. The first-order valence-electron chi connectivity index (χ1n) is 7.30. The highest BCUT2D eigenvalue weighted by atomic mass is 35.5. The van der Waals surface area contributed by atoms with Crippen LogP contribution in [-0.4, -0.2) is 25.7 Å². The lowest BCUT2D eigenvalue weighted by Gasteiger charge is -2.20. The number of carbonyl (C=O) groups excluding carboxylic acids is 1. The zero-order valence-electron chi connectivity index (χ0n) is 12.6. The first-order chi connectivity index (χ1) is 11.2. The zero-order valence-corrected chi connectivity index (χ0v) is 13.4. The standard InChI is InChI=1S/C17H16ClNO4/c1-2-21-12-5-3-11(4-6-12)17(20)19-14-10-16-15(9-13(14)18)22-7-8-23-16/h3-6,9-10H,2,7-8H2,1H3,(H,19,20). The molecular formula is C17H16ClNO4. The van der Waals surface area contributed by atoms with E-state index in [-0.39, 0.29) is 5.91 Å². The van der Waals surface area contributed by atoms with Crippen LogP contribution in [0, 0.1) is 0 Å². The molecule has 0 atom stereocenters. The number of fused-ring (bicyclic) bond motifs is 1. The second-order valence-corrected chi connectivity index (χ2v) is 5.29. The molecule has 23 heavy (non-hydrogen) atoms. The number of carbonyl (C=O) groups is 1. The summed E-state index contributed by atoms with van der Waals surface area (Å²) in [6, 6.07) is 10.2. The summed E-state index contributed by atoms with van der Waals surface area (Å²) >= 11 is 6.19. The fourth-order valence-corrected chi connectivity index (χ4v) is 2.42. The van der Waals surface area contributed by atoms with E-state index in [0.29, 0.717) is 47.6 Å². The molecule has 1 aliphatic rings. The van der Waals surface area contributed by atoms with Gasteiger partial charge in [-0.3, -0.25) is 4.79 Å². The van der Waals surface area contributed by atoms with Crippen LogP contribution in [-0.2, 0) is 0 Å². The number of benzene rings is 2. The lowest BCUT2D eigenvalue weighted by molar-refractivity contribution is 0.102. The van der Waals surface area contributed by atoms with Gasteiger partial charge in [0.25, 0.3) is 5.91 Å². The van der Waals surface area contributed by atoms with E-state index in [2.05, 4.69) is 5.32 Å². The van der Waals surface area contributed by atoms with Crippen LogP contribution in [0.5, 0.6) is 17.2 Å². The van der Waals surface area contributed by atoms with Crippen LogP contribution in [0.3, 0.4) is 0 Å². The molecule has 5 nitrogen and oxygen atoms in total. The fraction of sp³-hybridized carbons (Fsp3) is 0.235. The first-order valence-corrected chi connectivity index (χ1v) is 7.68. The van der Waals surface area contributed by atoms with Crippen molar-refractivity contribution in [1.82, 2.24) is 0 Å². The number of anilines is 1. The van der Waals surface area contributed by atoms with Crippen molar-refractivity contribution in [3.63, 3.8) is 0 Å². The molecule has 2 aromatic rings. The normalized spacial score (nSPS) is 12.6. The molecule has 0 aromatic heterocycles. The van der Waals surface area contributed by atoms with Crippen molar-refractivity contribution < 1.29 is 19.0 Å². The van der Waals surface area contributed by atoms with Crippen LogP contribution in [0.15, 0.2) is 36.4 Å².